The molecule has 3 unspecified atom stereocenters. The van der Waals surface area contributed by atoms with Gasteiger partial charge in [0.1, 0.15) is 12.4 Å². The molecule has 0 aromatic heterocycles. The number of piperidine rings is 1. The molecule has 1 aliphatic heterocycles. The summed E-state index contributed by atoms with van der Waals surface area (Å²) in [7, 11) is 0. The van der Waals surface area contributed by atoms with Crippen LogP contribution in [0.4, 0.5) is 0 Å². The standard InChI is InChI=1S/C26H35ClN2O2.2ClH/c27-24-15-20(12-13-26(24)31-18-19-7-2-1-3-8-19)23(22-10-4-5-11-25(22)30)17-29-14-6-9-21(28)16-29;;/h1-3,7-8,12-13,15,21-23,25,30H,4-6,9-11,14,16-18,28H2;2*1H/t21-,22?,23?,25?;;/m0../s1. The number of nitrogens with two attached hydrogens (primary N) is 1. The van der Waals surface area contributed by atoms with Crippen LogP contribution in [0.5, 0.6) is 5.75 Å². The van der Waals surface area contributed by atoms with Crippen molar-refractivity contribution < 1.29 is 9.84 Å². The van der Waals surface area contributed by atoms with E-state index in [4.69, 9.17) is 22.1 Å². The lowest BCUT2D eigenvalue weighted by Crippen LogP contribution is -2.46. The number of nitrogens with zero attached hydrogens (tertiary/aromatic N) is 1. The molecule has 4 nitrogen and oxygen atoms in total. The highest BCUT2D eigenvalue weighted by Gasteiger charge is 2.34. The van der Waals surface area contributed by atoms with Gasteiger partial charge < -0.3 is 20.5 Å². The van der Waals surface area contributed by atoms with Gasteiger partial charge in [0.15, 0.2) is 0 Å². The van der Waals surface area contributed by atoms with Crippen LogP contribution in [0.25, 0.3) is 0 Å². The van der Waals surface area contributed by atoms with Gasteiger partial charge in [-0.3, -0.25) is 0 Å². The fourth-order valence-electron chi connectivity index (χ4n) is 5.23. The van der Waals surface area contributed by atoms with Crippen molar-refractivity contribution in [2.45, 2.75) is 63.2 Å². The monoisotopic (exact) mass is 514 g/mol. The van der Waals surface area contributed by atoms with Crippen LogP contribution in [0.2, 0.25) is 5.02 Å². The summed E-state index contributed by atoms with van der Waals surface area (Å²) >= 11 is 6.66. The zero-order chi connectivity index (χ0) is 21.6. The molecule has 0 amide bonds. The first-order valence-corrected chi connectivity index (χ1v) is 12.1. The molecular formula is C26H37Cl3N2O2. The lowest BCUT2D eigenvalue weighted by molar-refractivity contribution is 0.0433. The zero-order valence-corrected chi connectivity index (χ0v) is 21.5. The number of halogens is 3. The van der Waals surface area contributed by atoms with Crippen LogP contribution in [-0.4, -0.2) is 41.8 Å². The summed E-state index contributed by atoms with van der Waals surface area (Å²) in [5.74, 6) is 1.22. The highest BCUT2D eigenvalue weighted by molar-refractivity contribution is 6.32. The summed E-state index contributed by atoms with van der Waals surface area (Å²) in [6, 6.07) is 16.6. The van der Waals surface area contributed by atoms with Gasteiger partial charge in [-0.25, -0.2) is 0 Å². The number of hydrogen-bond donors (Lipinski definition) is 2. The van der Waals surface area contributed by atoms with E-state index >= 15 is 0 Å². The van der Waals surface area contributed by atoms with Gasteiger partial charge in [-0.05, 0) is 61.4 Å². The normalized spacial score (nSPS) is 24.3. The minimum atomic E-state index is -0.245. The summed E-state index contributed by atoms with van der Waals surface area (Å²) in [6.07, 6.45) is 6.27. The van der Waals surface area contributed by atoms with Gasteiger partial charge in [-0.15, -0.1) is 24.8 Å². The molecule has 0 spiro atoms. The Kier molecular flexibility index (Phi) is 11.8. The van der Waals surface area contributed by atoms with Crippen LogP contribution in [0, 0.1) is 5.92 Å². The molecule has 4 rings (SSSR count). The van der Waals surface area contributed by atoms with Gasteiger partial charge in [-0.1, -0.05) is 60.8 Å². The molecule has 0 bridgehead atoms. The third-order valence-corrected chi connectivity index (χ3v) is 7.21. The summed E-state index contributed by atoms with van der Waals surface area (Å²) in [6.45, 7) is 3.44. The number of likely N-dealkylation sites (tertiary alicyclic amines) is 1. The SMILES string of the molecule is Cl.Cl.N[C@H]1CCCN(CC(c2ccc(OCc3ccccc3)c(Cl)c2)C2CCCCC2O)C1. The van der Waals surface area contributed by atoms with Crippen LogP contribution in [-0.2, 0) is 6.61 Å². The summed E-state index contributed by atoms with van der Waals surface area (Å²) in [5.41, 5.74) is 8.56. The Hall–Kier alpha value is -1.01. The number of aliphatic hydroxyl groups excluding tert-OH is 1. The lowest BCUT2D eigenvalue weighted by atomic mass is 9.74. The van der Waals surface area contributed by atoms with E-state index in [1.807, 2.05) is 36.4 Å². The molecule has 2 aromatic rings. The molecule has 0 radical (unpaired) electrons. The maximum absolute atomic E-state index is 10.8. The second-order valence-corrected chi connectivity index (χ2v) is 9.66. The summed E-state index contributed by atoms with van der Waals surface area (Å²) < 4.78 is 5.98. The van der Waals surface area contributed by atoms with Crippen molar-refractivity contribution >= 4 is 36.4 Å². The molecule has 1 aliphatic carbocycles. The molecule has 2 fully saturated rings. The zero-order valence-electron chi connectivity index (χ0n) is 19.1. The molecular weight excluding hydrogens is 479 g/mol. The van der Waals surface area contributed by atoms with Crippen molar-refractivity contribution in [2.75, 3.05) is 19.6 Å². The van der Waals surface area contributed by atoms with Crippen molar-refractivity contribution in [1.82, 2.24) is 4.90 Å². The average Bonchev–Trinajstić information content (AvgIpc) is 2.78. The number of aliphatic hydroxyl groups is 1. The van der Waals surface area contributed by atoms with Gasteiger partial charge in [-0.2, -0.15) is 0 Å². The average molecular weight is 516 g/mol. The minimum absolute atomic E-state index is 0. The van der Waals surface area contributed by atoms with Crippen molar-refractivity contribution in [1.29, 1.82) is 0 Å². The topological polar surface area (TPSA) is 58.7 Å². The van der Waals surface area contributed by atoms with Gasteiger partial charge in [0, 0.05) is 25.0 Å². The second-order valence-electron chi connectivity index (χ2n) is 9.25. The molecule has 4 atom stereocenters. The molecule has 1 heterocycles. The first kappa shape index (κ1) is 28.2. The van der Waals surface area contributed by atoms with Crippen LogP contribution in [0.1, 0.15) is 55.6 Å². The summed E-state index contributed by atoms with van der Waals surface area (Å²) in [5, 5.41) is 11.5. The molecule has 33 heavy (non-hydrogen) atoms. The Morgan fingerprint density at radius 1 is 1.03 bits per heavy atom. The van der Waals surface area contributed by atoms with Crippen LogP contribution >= 0.6 is 36.4 Å². The van der Waals surface area contributed by atoms with E-state index < -0.39 is 0 Å². The molecule has 7 heteroatoms. The Balaban J connectivity index is 0.00000193. The van der Waals surface area contributed by atoms with Crippen molar-refractivity contribution in [3.8, 4) is 5.75 Å². The van der Waals surface area contributed by atoms with Crippen LogP contribution < -0.4 is 10.5 Å². The van der Waals surface area contributed by atoms with E-state index in [-0.39, 0.29) is 48.8 Å². The van der Waals surface area contributed by atoms with Crippen LogP contribution in [0.3, 0.4) is 0 Å². The van der Waals surface area contributed by atoms with Gasteiger partial charge in [0.2, 0.25) is 0 Å². The highest BCUT2D eigenvalue weighted by atomic mass is 35.5. The van der Waals surface area contributed by atoms with Crippen molar-refractivity contribution in [3.05, 3.63) is 64.7 Å². The predicted molar refractivity (Wildman–Crippen MR) is 141 cm³/mol. The van der Waals surface area contributed by atoms with Crippen molar-refractivity contribution in [2.24, 2.45) is 11.7 Å². The molecule has 2 aromatic carbocycles. The summed E-state index contributed by atoms with van der Waals surface area (Å²) in [4.78, 5) is 2.48. The molecule has 184 valence electrons. The third-order valence-electron chi connectivity index (χ3n) is 6.92. The number of benzene rings is 2. The lowest BCUT2D eigenvalue weighted by Gasteiger charge is -2.39. The van der Waals surface area contributed by atoms with Gasteiger partial charge in [0.25, 0.3) is 0 Å². The van der Waals surface area contributed by atoms with Crippen molar-refractivity contribution in [3.63, 3.8) is 0 Å². The first-order chi connectivity index (χ1) is 15.1. The number of hydrogen-bond acceptors (Lipinski definition) is 4. The fraction of sp³-hybridized carbons (Fsp3) is 0.538. The Bertz CT molecular complexity index is 840. The van der Waals surface area contributed by atoms with Crippen LogP contribution in [0.15, 0.2) is 48.5 Å². The number of rotatable bonds is 7. The smallest absolute Gasteiger partial charge is 0.138 e. The maximum atomic E-state index is 10.8. The molecule has 2 aliphatic rings. The van der Waals surface area contributed by atoms with E-state index in [1.54, 1.807) is 0 Å². The quantitative estimate of drug-likeness (QED) is 0.488. The highest BCUT2D eigenvalue weighted by Crippen LogP contribution is 2.39. The predicted octanol–water partition coefficient (Wildman–Crippen LogP) is 5.82. The number of ether oxygens (including phenoxy) is 1. The maximum Gasteiger partial charge on any atom is 0.138 e. The first-order valence-electron chi connectivity index (χ1n) is 11.7. The second kappa shape index (κ2) is 13.8. The Labute approximate surface area is 215 Å². The van der Waals surface area contributed by atoms with Gasteiger partial charge in [0.05, 0.1) is 11.1 Å². The fourth-order valence-corrected chi connectivity index (χ4v) is 5.48. The van der Waals surface area contributed by atoms with E-state index in [9.17, 15) is 5.11 Å². The molecule has 3 N–H and O–H groups in total. The minimum Gasteiger partial charge on any atom is -0.487 e. The Morgan fingerprint density at radius 3 is 2.48 bits per heavy atom. The van der Waals surface area contributed by atoms with E-state index in [0.717, 1.165) is 57.3 Å². The molecule has 1 saturated heterocycles. The largest absolute Gasteiger partial charge is 0.487 e. The third kappa shape index (κ3) is 7.74. The van der Waals surface area contributed by atoms with Gasteiger partial charge >= 0.3 is 0 Å². The van der Waals surface area contributed by atoms with E-state index in [0.29, 0.717) is 17.4 Å². The Morgan fingerprint density at radius 2 is 1.79 bits per heavy atom. The van der Waals surface area contributed by atoms with E-state index in [2.05, 4.69) is 17.0 Å². The molecule has 1 saturated carbocycles. The van der Waals surface area contributed by atoms with E-state index in [1.165, 1.54) is 12.0 Å².